The van der Waals surface area contributed by atoms with Crippen LogP contribution in [0.4, 0.5) is 9.59 Å². The second-order valence-electron chi connectivity index (χ2n) is 13.1. The van der Waals surface area contributed by atoms with Crippen molar-refractivity contribution < 1.29 is 55.5 Å². The summed E-state index contributed by atoms with van der Waals surface area (Å²) in [6.07, 6.45) is -2.53. The molecule has 0 aliphatic rings. The molecule has 0 aromatic heterocycles. The molecule has 0 N–H and O–H groups in total. The first-order valence-electron chi connectivity index (χ1n) is 16.1. The van der Waals surface area contributed by atoms with E-state index in [1.54, 1.807) is 77.9 Å². The molecule has 52 heavy (non-hydrogen) atoms. The Morgan fingerprint density at radius 3 is 2.19 bits per heavy atom. The van der Waals surface area contributed by atoms with Gasteiger partial charge in [0.2, 0.25) is 5.91 Å². The largest absolute Gasteiger partial charge is 0.508 e. The molecule has 0 fully saturated rings. The van der Waals surface area contributed by atoms with Crippen LogP contribution >= 0.6 is 11.8 Å². The maximum absolute atomic E-state index is 13.8. The van der Waals surface area contributed by atoms with Crippen molar-refractivity contribution in [3.63, 3.8) is 0 Å². The predicted molar refractivity (Wildman–Crippen MR) is 191 cm³/mol. The molecule has 0 heterocycles. The molecule has 0 spiro atoms. The lowest BCUT2D eigenvalue weighted by Crippen LogP contribution is -2.54. The van der Waals surface area contributed by atoms with E-state index in [1.165, 1.54) is 23.9 Å². The van der Waals surface area contributed by atoms with Gasteiger partial charge in [0.25, 0.3) is 10.1 Å². The van der Waals surface area contributed by atoms with Crippen molar-refractivity contribution in [1.82, 2.24) is 4.90 Å². The Labute approximate surface area is 308 Å². The molecule has 0 radical (unpaired) electrons. The number of carbonyl (C=O) groups is 4. The first kappa shape index (κ1) is 43.7. The lowest BCUT2D eigenvalue weighted by Gasteiger charge is -2.32. The minimum absolute atomic E-state index is 0.0369. The number of carbonyl (C=O) groups excluding carboxylic acids is 4. The highest BCUT2D eigenvalue weighted by Crippen LogP contribution is 2.23. The fraction of sp³-hybridized carbons (Fsp3) is 0.529. The van der Waals surface area contributed by atoms with Gasteiger partial charge in [0, 0.05) is 16.4 Å². The summed E-state index contributed by atoms with van der Waals surface area (Å²) in [5.74, 6) is -1.45. The van der Waals surface area contributed by atoms with Crippen molar-refractivity contribution in [2.75, 3.05) is 32.7 Å². The van der Waals surface area contributed by atoms with Crippen LogP contribution in [0.25, 0.3) is 10.4 Å². The maximum atomic E-state index is 13.8. The number of aryl methyl sites for hydroxylation is 1. The summed E-state index contributed by atoms with van der Waals surface area (Å²) >= 11 is 1.18. The Bertz CT molecular complexity index is 1680. The lowest BCUT2D eigenvalue weighted by molar-refractivity contribution is -0.151. The van der Waals surface area contributed by atoms with Gasteiger partial charge in [0.1, 0.15) is 42.2 Å². The molecule has 0 saturated carbocycles. The molecule has 2 aromatic carbocycles. The normalized spacial score (nSPS) is 12.8. The van der Waals surface area contributed by atoms with E-state index >= 15 is 0 Å². The molecule has 18 heteroatoms. The van der Waals surface area contributed by atoms with Crippen LogP contribution in [0.3, 0.4) is 0 Å². The predicted octanol–water partition coefficient (Wildman–Crippen LogP) is 6.34. The van der Waals surface area contributed by atoms with Gasteiger partial charge < -0.3 is 23.7 Å². The first-order valence-corrected chi connectivity index (χ1v) is 18.6. The van der Waals surface area contributed by atoms with E-state index in [2.05, 4.69) is 10.0 Å². The number of thioether (sulfide) groups is 1. The number of azide groups is 1. The monoisotopic (exact) mass is 766 g/mol. The van der Waals surface area contributed by atoms with Gasteiger partial charge in [-0.05, 0) is 90.2 Å². The third kappa shape index (κ3) is 15.4. The molecule has 0 aliphatic heterocycles. The summed E-state index contributed by atoms with van der Waals surface area (Å²) < 4.78 is 56.1. The second kappa shape index (κ2) is 19.9. The van der Waals surface area contributed by atoms with Crippen LogP contribution in [0.2, 0.25) is 0 Å². The van der Waals surface area contributed by atoms with Crippen molar-refractivity contribution in [3.8, 4) is 5.75 Å². The number of hydrogen-bond donors (Lipinski definition) is 0. The molecule has 0 saturated heterocycles. The molecule has 16 nitrogen and oxygen atoms in total. The van der Waals surface area contributed by atoms with Gasteiger partial charge in [-0.3, -0.25) is 8.98 Å². The van der Waals surface area contributed by atoms with Crippen LogP contribution in [0.15, 0.2) is 58.5 Å². The van der Waals surface area contributed by atoms with Crippen LogP contribution in [0, 0.1) is 6.92 Å². The van der Waals surface area contributed by atoms with Crippen LogP contribution in [-0.2, 0) is 48.6 Å². The number of amides is 2. The van der Waals surface area contributed by atoms with Gasteiger partial charge in [0.15, 0.2) is 0 Å². The zero-order valence-corrected chi connectivity index (χ0v) is 32.2. The van der Waals surface area contributed by atoms with E-state index in [0.29, 0.717) is 10.6 Å². The fourth-order valence-electron chi connectivity index (χ4n) is 4.14. The van der Waals surface area contributed by atoms with E-state index in [-0.39, 0.29) is 36.0 Å². The van der Waals surface area contributed by atoms with E-state index in [0.717, 1.165) is 18.2 Å². The minimum atomic E-state index is -3.95. The van der Waals surface area contributed by atoms with Crippen molar-refractivity contribution in [2.45, 2.75) is 88.8 Å². The average molecular weight is 767 g/mol. The Morgan fingerprint density at radius 1 is 0.942 bits per heavy atom. The number of nitrogens with zero attached hydrogens (tertiary/aromatic N) is 4. The van der Waals surface area contributed by atoms with Crippen molar-refractivity contribution in [2.24, 2.45) is 5.11 Å². The number of ether oxygens (including phenoxy) is 5. The molecule has 2 aromatic rings. The van der Waals surface area contributed by atoms with E-state index in [9.17, 15) is 33.1 Å². The number of esters is 1. The number of rotatable bonds is 17. The summed E-state index contributed by atoms with van der Waals surface area (Å²) in [5.41, 5.74) is 8.93. The van der Waals surface area contributed by atoms with Gasteiger partial charge in [-0.2, -0.15) is 20.2 Å². The molecule has 0 unspecified atom stereocenters. The summed E-state index contributed by atoms with van der Waals surface area (Å²) in [4.78, 5) is 55.6. The Morgan fingerprint density at radius 2 is 1.60 bits per heavy atom. The highest BCUT2D eigenvalue weighted by molar-refractivity contribution is 7.98. The average Bonchev–Trinajstić information content (AvgIpc) is 3.04. The van der Waals surface area contributed by atoms with Crippen LogP contribution < -0.4 is 4.74 Å². The third-order valence-corrected chi connectivity index (χ3v) is 8.85. The number of methoxy groups -OCH3 is 1. The van der Waals surface area contributed by atoms with Crippen LogP contribution in [0.1, 0.15) is 59.1 Å². The Hall–Kier alpha value is -4.51. The maximum Gasteiger partial charge on any atom is 0.508 e. The first-order chi connectivity index (χ1) is 24.3. The van der Waals surface area contributed by atoms with Crippen molar-refractivity contribution >= 4 is 46.0 Å². The third-order valence-electron chi connectivity index (χ3n) is 6.43. The molecular weight excluding hydrogens is 721 g/mol. The van der Waals surface area contributed by atoms with Crippen LogP contribution in [0.5, 0.6) is 5.75 Å². The standard InChI is InChI=1S/C34H46N4O12S2/c1-23-12-14-26(15-13-23)52(43,44)48-19-18-46-25-11-9-10-24(20-25)21-51-22-28(30(40)45-8)38(31(41)49-33(2,3)4)29(39)27(36-37-35)16-17-47-32(42)50-34(5,6)7/h9-15,20,27-28H,16-19,21-22H2,1-8H3/t27-,28+/m0/s1. The van der Waals surface area contributed by atoms with Gasteiger partial charge in [-0.15, -0.1) is 0 Å². The van der Waals surface area contributed by atoms with E-state index < -0.39 is 64.1 Å². The summed E-state index contributed by atoms with van der Waals surface area (Å²) in [7, 11) is -2.86. The highest BCUT2D eigenvalue weighted by atomic mass is 32.2. The second-order valence-corrected chi connectivity index (χ2v) is 15.8. The Kier molecular flexibility index (Phi) is 16.7. The molecule has 286 valence electrons. The molecule has 0 aliphatic carbocycles. The quantitative estimate of drug-likeness (QED) is 0.0328. The van der Waals surface area contributed by atoms with Gasteiger partial charge >= 0.3 is 18.2 Å². The summed E-state index contributed by atoms with van der Waals surface area (Å²) in [6, 6.07) is 10.1. The van der Waals surface area contributed by atoms with Crippen molar-refractivity contribution in [1.29, 1.82) is 0 Å². The number of benzene rings is 2. The van der Waals surface area contributed by atoms with Gasteiger partial charge in [-0.25, -0.2) is 19.3 Å². The number of hydrogen-bond acceptors (Lipinski definition) is 14. The van der Waals surface area contributed by atoms with Gasteiger partial charge in [0.05, 0.1) is 18.6 Å². The van der Waals surface area contributed by atoms with Crippen molar-refractivity contribution in [3.05, 3.63) is 70.1 Å². The number of imide groups is 1. The summed E-state index contributed by atoms with van der Waals surface area (Å²) in [6.45, 7) is 10.8. The molecular formula is C34H46N4O12S2. The zero-order chi connectivity index (χ0) is 39.1. The molecule has 2 atom stereocenters. The molecule has 0 bridgehead atoms. The topological polar surface area (TPSA) is 210 Å². The molecule has 2 rings (SSSR count). The SMILES string of the molecule is COC(=O)[C@@H](CSCc1cccc(OCCOS(=O)(=O)c2ccc(C)cc2)c1)N(C(=O)OC(C)(C)C)C(=O)[C@H](CCOC(=O)OC(C)(C)C)N=[N+]=[N-]. The lowest BCUT2D eigenvalue weighted by atomic mass is 10.1. The van der Waals surface area contributed by atoms with Gasteiger partial charge in [-0.1, -0.05) is 34.9 Å². The fourth-order valence-corrected chi connectivity index (χ4v) is 6.08. The van der Waals surface area contributed by atoms with E-state index in [1.807, 2.05) is 6.92 Å². The summed E-state index contributed by atoms with van der Waals surface area (Å²) in [5, 5.41) is 3.50. The van der Waals surface area contributed by atoms with Crippen LogP contribution in [-0.4, -0.2) is 93.4 Å². The zero-order valence-electron chi connectivity index (χ0n) is 30.5. The van der Waals surface area contributed by atoms with E-state index in [4.69, 9.17) is 27.9 Å². The smallest absolute Gasteiger partial charge is 0.491 e. The minimum Gasteiger partial charge on any atom is -0.491 e. The Balaban J connectivity index is 2.15. The highest BCUT2D eigenvalue weighted by Gasteiger charge is 2.41. The molecule has 2 amide bonds.